The summed E-state index contributed by atoms with van der Waals surface area (Å²) in [5, 5.41) is 8.85. The molecular formula is C12H13N3O3. The van der Waals surface area contributed by atoms with Crippen LogP contribution < -0.4 is 5.56 Å². The number of pyridine rings is 1. The van der Waals surface area contributed by atoms with E-state index in [0.717, 1.165) is 13.0 Å². The van der Waals surface area contributed by atoms with Crippen molar-refractivity contribution in [1.82, 2.24) is 14.1 Å². The summed E-state index contributed by atoms with van der Waals surface area (Å²) in [6, 6.07) is 2.59. The van der Waals surface area contributed by atoms with Crippen molar-refractivity contribution in [2.45, 2.75) is 19.5 Å². The van der Waals surface area contributed by atoms with Gasteiger partial charge in [0.15, 0.2) is 0 Å². The van der Waals surface area contributed by atoms with E-state index in [9.17, 15) is 9.59 Å². The number of rotatable bonds is 5. The summed E-state index contributed by atoms with van der Waals surface area (Å²) in [6.45, 7) is 1.22. The van der Waals surface area contributed by atoms with E-state index in [2.05, 4.69) is 4.98 Å². The first-order chi connectivity index (χ1) is 8.66. The Morgan fingerprint density at radius 1 is 1.33 bits per heavy atom. The van der Waals surface area contributed by atoms with Crippen molar-refractivity contribution in [3.63, 3.8) is 0 Å². The van der Waals surface area contributed by atoms with Gasteiger partial charge < -0.3 is 14.2 Å². The van der Waals surface area contributed by atoms with Gasteiger partial charge in [0.1, 0.15) is 0 Å². The lowest BCUT2D eigenvalue weighted by Gasteiger charge is -2.06. The van der Waals surface area contributed by atoms with Crippen LogP contribution in [0.1, 0.15) is 16.8 Å². The highest BCUT2D eigenvalue weighted by atomic mass is 16.4. The Labute approximate surface area is 103 Å². The molecular weight excluding hydrogens is 234 g/mol. The molecule has 18 heavy (non-hydrogen) atoms. The molecule has 0 radical (unpaired) electrons. The van der Waals surface area contributed by atoms with Crippen LogP contribution in [0.5, 0.6) is 0 Å². The maximum atomic E-state index is 11.5. The van der Waals surface area contributed by atoms with Crippen molar-refractivity contribution < 1.29 is 9.90 Å². The van der Waals surface area contributed by atoms with E-state index in [-0.39, 0.29) is 11.1 Å². The maximum Gasteiger partial charge on any atom is 0.337 e. The average Bonchev–Trinajstić information content (AvgIpc) is 2.84. The van der Waals surface area contributed by atoms with Crippen molar-refractivity contribution in [3.05, 3.63) is 53.0 Å². The molecule has 0 amide bonds. The van der Waals surface area contributed by atoms with Crippen LogP contribution in [0.3, 0.4) is 0 Å². The summed E-state index contributed by atoms with van der Waals surface area (Å²) in [5.74, 6) is -1.03. The molecule has 2 aromatic heterocycles. The topological polar surface area (TPSA) is 77.1 Å². The first kappa shape index (κ1) is 12.1. The molecule has 1 N–H and O–H groups in total. The number of carboxylic acid groups (broad SMARTS) is 1. The summed E-state index contributed by atoms with van der Waals surface area (Å²) in [4.78, 5) is 26.3. The number of imidazole rings is 1. The minimum atomic E-state index is -1.03. The zero-order chi connectivity index (χ0) is 13.0. The zero-order valence-electron chi connectivity index (χ0n) is 9.69. The fraction of sp³-hybridized carbons (Fsp3) is 0.250. The lowest BCUT2D eigenvalue weighted by molar-refractivity contribution is 0.0696. The molecule has 6 nitrogen and oxygen atoms in total. The van der Waals surface area contributed by atoms with Crippen LogP contribution >= 0.6 is 0 Å². The Morgan fingerprint density at radius 2 is 2.17 bits per heavy atom. The maximum absolute atomic E-state index is 11.5. The monoisotopic (exact) mass is 247 g/mol. The van der Waals surface area contributed by atoms with Gasteiger partial charge in [-0.2, -0.15) is 0 Å². The predicted octanol–water partition coefficient (Wildman–Crippen LogP) is 0.833. The smallest absolute Gasteiger partial charge is 0.337 e. The fourth-order valence-electron chi connectivity index (χ4n) is 1.68. The van der Waals surface area contributed by atoms with Gasteiger partial charge in [0.25, 0.3) is 5.56 Å². The molecule has 2 rings (SSSR count). The van der Waals surface area contributed by atoms with Gasteiger partial charge in [0.2, 0.25) is 0 Å². The minimum absolute atomic E-state index is 0.122. The fourth-order valence-corrected chi connectivity index (χ4v) is 1.68. The number of carbonyl (C=O) groups is 1. The van der Waals surface area contributed by atoms with Gasteiger partial charge in [-0.3, -0.25) is 4.79 Å². The quantitative estimate of drug-likeness (QED) is 0.849. The molecule has 6 heteroatoms. The SMILES string of the molecule is O=C(O)c1ccc(=O)n(CCCn2ccnc2)c1. The second kappa shape index (κ2) is 5.31. The Kier molecular flexibility index (Phi) is 3.57. The van der Waals surface area contributed by atoms with Crippen LogP contribution in [0, 0.1) is 0 Å². The molecule has 2 heterocycles. The van der Waals surface area contributed by atoms with Crippen molar-refractivity contribution in [2.24, 2.45) is 0 Å². The summed E-state index contributed by atoms with van der Waals surface area (Å²) in [6.07, 6.45) is 7.35. The molecule has 0 spiro atoms. The molecule has 0 aliphatic rings. The van der Waals surface area contributed by atoms with Crippen LogP contribution in [0.25, 0.3) is 0 Å². The lowest BCUT2D eigenvalue weighted by Crippen LogP contribution is -2.20. The number of hydrogen-bond donors (Lipinski definition) is 1. The number of aromatic carboxylic acids is 1. The summed E-state index contributed by atoms with van der Waals surface area (Å²) < 4.78 is 3.33. The molecule has 0 aliphatic carbocycles. The standard InChI is InChI=1S/C12H13N3O3/c16-11-3-2-10(12(17)18)8-15(11)6-1-5-14-7-4-13-9-14/h2-4,7-9H,1,5-6H2,(H,17,18). The van der Waals surface area contributed by atoms with Crippen molar-refractivity contribution in [2.75, 3.05) is 0 Å². The first-order valence-corrected chi connectivity index (χ1v) is 5.56. The van der Waals surface area contributed by atoms with Gasteiger partial charge in [-0.05, 0) is 12.5 Å². The third kappa shape index (κ3) is 2.85. The number of carboxylic acids is 1. The second-order valence-corrected chi connectivity index (χ2v) is 3.91. The minimum Gasteiger partial charge on any atom is -0.478 e. The Balaban J connectivity index is 2.02. The Bertz CT molecular complexity index is 587. The number of nitrogens with zero attached hydrogens (tertiary/aromatic N) is 3. The van der Waals surface area contributed by atoms with E-state index in [0.29, 0.717) is 6.54 Å². The third-order valence-corrected chi connectivity index (χ3v) is 2.60. The highest BCUT2D eigenvalue weighted by Gasteiger charge is 2.04. The molecule has 0 aliphatic heterocycles. The Hall–Kier alpha value is -2.37. The van der Waals surface area contributed by atoms with E-state index in [4.69, 9.17) is 5.11 Å². The lowest BCUT2D eigenvalue weighted by atomic mass is 10.3. The summed E-state index contributed by atoms with van der Waals surface area (Å²) in [7, 11) is 0. The van der Waals surface area contributed by atoms with Gasteiger partial charge in [-0.25, -0.2) is 9.78 Å². The molecule has 94 valence electrons. The molecule has 0 atom stereocenters. The van der Waals surface area contributed by atoms with Crippen LogP contribution in [0.4, 0.5) is 0 Å². The molecule has 0 bridgehead atoms. The molecule has 0 unspecified atom stereocenters. The van der Waals surface area contributed by atoms with Crippen LogP contribution in [0.15, 0.2) is 41.8 Å². The number of aryl methyl sites for hydroxylation is 2. The van der Waals surface area contributed by atoms with Crippen molar-refractivity contribution >= 4 is 5.97 Å². The van der Waals surface area contributed by atoms with Gasteiger partial charge in [-0.1, -0.05) is 0 Å². The largest absolute Gasteiger partial charge is 0.478 e. The number of hydrogen-bond acceptors (Lipinski definition) is 3. The van der Waals surface area contributed by atoms with E-state index in [1.165, 1.54) is 22.9 Å². The third-order valence-electron chi connectivity index (χ3n) is 2.60. The van der Waals surface area contributed by atoms with Crippen LogP contribution in [0.2, 0.25) is 0 Å². The van der Waals surface area contributed by atoms with E-state index in [1.54, 1.807) is 12.5 Å². The van der Waals surface area contributed by atoms with Gasteiger partial charge in [0.05, 0.1) is 11.9 Å². The van der Waals surface area contributed by atoms with Gasteiger partial charge >= 0.3 is 5.97 Å². The normalized spacial score (nSPS) is 10.4. The number of aromatic nitrogens is 3. The van der Waals surface area contributed by atoms with Crippen molar-refractivity contribution in [1.29, 1.82) is 0 Å². The Morgan fingerprint density at radius 3 is 2.83 bits per heavy atom. The van der Waals surface area contributed by atoms with E-state index < -0.39 is 5.97 Å². The van der Waals surface area contributed by atoms with Gasteiger partial charge in [-0.15, -0.1) is 0 Å². The highest BCUT2D eigenvalue weighted by molar-refractivity contribution is 5.87. The molecule has 2 aromatic rings. The molecule has 0 saturated carbocycles. The molecule has 0 saturated heterocycles. The van der Waals surface area contributed by atoms with Gasteiger partial charge in [0, 0.05) is 37.7 Å². The summed E-state index contributed by atoms with van der Waals surface area (Å²) >= 11 is 0. The molecule has 0 aromatic carbocycles. The zero-order valence-corrected chi connectivity index (χ0v) is 9.69. The highest BCUT2D eigenvalue weighted by Crippen LogP contribution is 1.98. The molecule has 0 fully saturated rings. The van der Waals surface area contributed by atoms with Crippen LogP contribution in [-0.2, 0) is 13.1 Å². The predicted molar refractivity (Wildman–Crippen MR) is 64.5 cm³/mol. The van der Waals surface area contributed by atoms with E-state index >= 15 is 0 Å². The first-order valence-electron chi connectivity index (χ1n) is 5.56. The second-order valence-electron chi connectivity index (χ2n) is 3.91. The van der Waals surface area contributed by atoms with E-state index in [1.807, 2.05) is 10.8 Å². The average molecular weight is 247 g/mol. The summed E-state index contributed by atoms with van der Waals surface area (Å²) in [5.41, 5.74) is -0.0668. The van der Waals surface area contributed by atoms with Crippen LogP contribution in [-0.4, -0.2) is 25.2 Å². The van der Waals surface area contributed by atoms with Crippen molar-refractivity contribution in [3.8, 4) is 0 Å².